The van der Waals surface area contributed by atoms with Gasteiger partial charge in [-0.25, -0.2) is 14.3 Å². The lowest BCUT2D eigenvalue weighted by atomic mass is 9.96. The van der Waals surface area contributed by atoms with Crippen molar-refractivity contribution in [3.05, 3.63) is 37.2 Å². The Hall–Kier alpha value is -5.61. The molecule has 22 nitrogen and oxygen atoms in total. The molecule has 330 valence electrons. The van der Waals surface area contributed by atoms with Crippen LogP contribution in [0.15, 0.2) is 31.5 Å². The fourth-order valence-electron chi connectivity index (χ4n) is 5.73. The second kappa shape index (κ2) is 27.1. The molecule has 1 unspecified atom stereocenters. The number of amides is 3. The molecule has 1 aliphatic rings. The topological polar surface area (TPSA) is 271 Å². The molecule has 0 aliphatic carbocycles. The van der Waals surface area contributed by atoms with Gasteiger partial charge in [0.25, 0.3) is 0 Å². The lowest BCUT2D eigenvalue weighted by Crippen LogP contribution is -2.67. The summed E-state index contributed by atoms with van der Waals surface area (Å²) < 4.78 is 38.6. The molecule has 0 radical (unpaired) electrons. The number of esters is 4. The molecule has 1 aromatic rings. The van der Waals surface area contributed by atoms with E-state index in [-0.39, 0.29) is 26.3 Å². The third-order valence-electron chi connectivity index (χ3n) is 8.19. The van der Waals surface area contributed by atoms with Crippen molar-refractivity contribution in [2.24, 2.45) is 5.73 Å². The first-order valence-electron chi connectivity index (χ1n) is 19.1. The van der Waals surface area contributed by atoms with E-state index in [9.17, 15) is 33.6 Å². The van der Waals surface area contributed by atoms with Crippen molar-refractivity contribution in [2.75, 3.05) is 59.1 Å². The highest BCUT2D eigenvalue weighted by atomic mass is 16.7. The molecule has 22 heteroatoms. The standard InChI is InChI=1S/C37H58N8O14/c1-7-19-53-36(51)43(17-11-13-38)15-9-10-16-44(37(52)54-20-8-2)18-12-14-39-21-29-22-45(42-41-29)23-31(50)40-32-34(57-27(5)48)33(56-26(4)47)30(24-55-25(3)46)59-35(32)58-28(6)49/h7-8,22,30,32-35,39H,1-2,9-21,23-24,38H2,3-6H3,(H,40,50)/t30-,32-,33-,34-,35?/m1/s1. The van der Waals surface area contributed by atoms with Gasteiger partial charge in [0.1, 0.15) is 38.5 Å². The first-order chi connectivity index (χ1) is 28.2. The van der Waals surface area contributed by atoms with Crippen LogP contribution in [0.3, 0.4) is 0 Å². The molecule has 0 spiro atoms. The van der Waals surface area contributed by atoms with Crippen molar-refractivity contribution < 1.29 is 66.7 Å². The highest BCUT2D eigenvalue weighted by Gasteiger charge is 2.52. The van der Waals surface area contributed by atoms with Crippen LogP contribution in [0, 0.1) is 0 Å². The van der Waals surface area contributed by atoms with E-state index in [2.05, 4.69) is 34.1 Å². The van der Waals surface area contributed by atoms with Crippen LogP contribution >= 0.6 is 0 Å². The molecule has 1 fully saturated rings. The summed E-state index contributed by atoms with van der Waals surface area (Å²) in [5.74, 6) is -3.76. The molecule has 1 aromatic heterocycles. The Balaban J connectivity index is 1.99. The number of hydrogen-bond acceptors (Lipinski definition) is 18. The molecule has 1 aliphatic heterocycles. The highest BCUT2D eigenvalue weighted by molar-refractivity contribution is 5.76. The Bertz CT molecular complexity index is 1560. The van der Waals surface area contributed by atoms with Gasteiger partial charge in [-0.05, 0) is 38.8 Å². The molecular weight excluding hydrogens is 780 g/mol. The maximum atomic E-state index is 13.3. The van der Waals surface area contributed by atoms with E-state index in [0.29, 0.717) is 70.6 Å². The van der Waals surface area contributed by atoms with Crippen LogP contribution in [0.2, 0.25) is 0 Å². The van der Waals surface area contributed by atoms with E-state index in [0.717, 1.165) is 27.7 Å². The van der Waals surface area contributed by atoms with E-state index in [1.807, 2.05) is 0 Å². The second-order valence-electron chi connectivity index (χ2n) is 13.2. The molecule has 2 rings (SSSR count). The quantitative estimate of drug-likeness (QED) is 0.0491. The number of unbranched alkanes of at least 4 members (excludes halogenated alkanes) is 1. The number of nitrogens with zero attached hydrogens (tertiary/aromatic N) is 5. The predicted octanol–water partition coefficient (Wildman–Crippen LogP) is 0.335. The fourth-order valence-corrected chi connectivity index (χ4v) is 5.73. The van der Waals surface area contributed by atoms with Crippen LogP contribution in [0.4, 0.5) is 9.59 Å². The zero-order valence-corrected chi connectivity index (χ0v) is 34.2. The van der Waals surface area contributed by atoms with Crippen LogP contribution in [-0.2, 0) is 70.2 Å². The van der Waals surface area contributed by atoms with Gasteiger partial charge in [-0.2, -0.15) is 0 Å². The number of carbonyl (C=O) groups excluding carboxylic acids is 7. The molecule has 4 N–H and O–H groups in total. The smallest absolute Gasteiger partial charge is 0.410 e. The Labute approximate surface area is 342 Å². The van der Waals surface area contributed by atoms with Crippen molar-refractivity contribution >= 4 is 42.0 Å². The zero-order valence-electron chi connectivity index (χ0n) is 34.2. The average molecular weight is 839 g/mol. The Morgan fingerprint density at radius 2 is 1.36 bits per heavy atom. The summed E-state index contributed by atoms with van der Waals surface area (Å²) in [7, 11) is 0. The normalized spacial score (nSPS) is 18.4. The SMILES string of the molecule is C=CCOC(=O)N(CCCN)CCCCN(CCCNCc1cn(CC(=O)N[C@H]2C(OC(C)=O)O[C@H](COC(C)=O)[C@@H](OC(C)=O)[C@@H]2OC(C)=O)nn1)C(=O)OCC=C. The number of aromatic nitrogens is 3. The average Bonchev–Trinajstić information content (AvgIpc) is 3.62. The minimum absolute atomic E-state index is 0.0597. The summed E-state index contributed by atoms with van der Waals surface area (Å²) in [5.41, 5.74) is 6.11. The van der Waals surface area contributed by atoms with Crippen molar-refractivity contribution in [1.82, 2.24) is 35.4 Å². The van der Waals surface area contributed by atoms with E-state index in [1.54, 1.807) is 9.80 Å². The van der Waals surface area contributed by atoms with Crippen LogP contribution < -0.4 is 16.4 Å². The Kier molecular flexibility index (Phi) is 22.8. The number of hydrogen-bond donors (Lipinski definition) is 3. The molecule has 0 bridgehead atoms. The molecule has 5 atom stereocenters. The number of carbonyl (C=O) groups is 7. The van der Waals surface area contributed by atoms with E-state index in [1.165, 1.54) is 23.0 Å². The summed E-state index contributed by atoms with van der Waals surface area (Å²) in [6.45, 7) is 13.8. The van der Waals surface area contributed by atoms with Crippen LogP contribution in [-0.4, -0.2) is 156 Å². The minimum Gasteiger partial charge on any atom is -0.463 e. The van der Waals surface area contributed by atoms with Gasteiger partial charge < -0.3 is 59.3 Å². The van der Waals surface area contributed by atoms with E-state index < -0.39 is 79.2 Å². The van der Waals surface area contributed by atoms with Gasteiger partial charge in [0.15, 0.2) is 12.2 Å². The molecular formula is C37H58N8O14. The van der Waals surface area contributed by atoms with Crippen molar-refractivity contribution in [3.63, 3.8) is 0 Å². The van der Waals surface area contributed by atoms with Crippen LogP contribution in [0.5, 0.6) is 0 Å². The van der Waals surface area contributed by atoms with E-state index in [4.69, 9.17) is 38.9 Å². The van der Waals surface area contributed by atoms with Crippen LogP contribution in [0.1, 0.15) is 59.1 Å². The number of rotatable bonds is 26. The molecule has 3 amide bonds. The Morgan fingerprint density at radius 1 is 0.797 bits per heavy atom. The van der Waals surface area contributed by atoms with Gasteiger partial charge in [-0.1, -0.05) is 30.5 Å². The minimum atomic E-state index is -1.54. The van der Waals surface area contributed by atoms with Gasteiger partial charge in [-0.15, -0.1) is 5.10 Å². The maximum Gasteiger partial charge on any atom is 0.410 e. The Morgan fingerprint density at radius 3 is 1.90 bits per heavy atom. The number of ether oxygens (including phenoxy) is 7. The van der Waals surface area contributed by atoms with Gasteiger partial charge in [-0.3, -0.25) is 24.0 Å². The monoisotopic (exact) mass is 838 g/mol. The summed E-state index contributed by atoms with van der Waals surface area (Å²) in [6.07, 6.45) is 0.391. The lowest BCUT2D eigenvalue weighted by molar-refractivity contribution is -0.271. The highest BCUT2D eigenvalue weighted by Crippen LogP contribution is 2.28. The van der Waals surface area contributed by atoms with Crippen molar-refractivity contribution in [3.8, 4) is 0 Å². The molecule has 0 saturated carbocycles. The maximum absolute atomic E-state index is 13.3. The van der Waals surface area contributed by atoms with Gasteiger partial charge in [0, 0.05) is 60.4 Å². The zero-order chi connectivity index (χ0) is 43.7. The van der Waals surface area contributed by atoms with Gasteiger partial charge in [0.05, 0.1) is 11.9 Å². The number of nitrogens with two attached hydrogens (primary N) is 1. The third-order valence-corrected chi connectivity index (χ3v) is 8.19. The van der Waals surface area contributed by atoms with Crippen molar-refractivity contribution in [1.29, 1.82) is 0 Å². The molecule has 1 saturated heterocycles. The molecule has 0 aromatic carbocycles. The van der Waals surface area contributed by atoms with Gasteiger partial charge in [0.2, 0.25) is 12.2 Å². The summed E-state index contributed by atoms with van der Waals surface area (Å²) in [5, 5.41) is 13.9. The number of nitrogens with one attached hydrogen (secondary N) is 2. The second-order valence-corrected chi connectivity index (χ2v) is 13.2. The third kappa shape index (κ3) is 19.1. The largest absolute Gasteiger partial charge is 0.463 e. The van der Waals surface area contributed by atoms with Crippen molar-refractivity contribution in [2.45, 2.75) is 97.1 Å². The fraction of sp³-hybridized carbons (Fsp3) is 0.649. The van der Waals surface area contributed by atoms with E-state index >= 15 is 0 Å². The predicted molar refractivity (Wildman–Crippen MR) is 206 cm³/mol. The first kappa shape index (κ1) is 49.5. The summed E-state index contributed by atoms with van der Waals surface area (Å²) in [4.78, 5) is 89.3. The first-order valence-corrected chi connectivity index (χ1v) is 19.1. The molecule has 2 heterocycles. The summed E-state index contributed by atoms with van der Waals surface area (Å²) >= 11 is 0. The molecule has 59 heavy (non-hydrogen) atoms. The van der Waals surface area contributed by atoms with Crippen LogP contribution in [0.25, 0.3) is 0 Å². The summed E-state index contributed by atoms with van der Waals surface area (Å²) in [6, 6.07) is -1.37. The van der Waals surface area contributed by atoms with Gasteiger partial charge >= 0.3 is 36.1 Å². The lowest BCUT2D eigenvalue weighted by Gasteiger charge is -2.44.